The minimum absolute atomic E-state index is 0.0252. The van der Waals surface area contributed by atoms with Crippen LogP contribution in [0.2, 0.25) is 0 Å². The number of Topliss-reactive ketones (excluding diaryl/α,β-unsaturated/α-hetero) is 4. The molecule has 4 fully saturated rings. The molecule has 2 aromatic rings. The summed E-state index contributed by atoms with van der Waals surface area (Å²) in [4.78, 5) is 56.9. The number of phenolic OH excluding ortho intramolecular Hbond substituents is 2. The van der Waals surface area contributed by atoms with E-state index in [9.17, 15) is 39.6 Å². The molecule has 0 amide bonds. The number of hydrogen-bond acceptors (Lipinski definition) is 8. The van der Waals surface area contributed by atoms with E-state index in [0.717, 1.165) is 0 Å². The van der Waals surface area contributed by atoms with E-state index in [0.29, 0.717) is 0 Å². The number of aliphatic hydroxyl groups excluding tert-OH is 2. The maximum absolute atomic E-state index is 14.3. The highest BCUT2D eigenvalue weighted by Crippen LogP contribution is 2.80. The van der Waals surface area contributed by atoms with Crippen molar-refractivity contribution in [1.82, 2.24) is 0 Å². The summed E-state index contributed by atoms with van der Waals surface area (Å²) in [6.07, 6.45) is 0.335. The van der Waals surface area contributed by atoms with Gasteiger partial charge in [0.15, 0.2) is 23.1 Å². The summed E-state index contributed by atoms with van der Waals surface area (Å²) in [7, 11) is 0. The quantitative estimate of drug-likeness (QED) is 0.447. The number of aromatic hydroxyl groups is 2. The summed E-state index contributed by atoms with van der Waals surface area (Å²) in [5.74, 6) is -7.30. The van der Waals surface area contributed by atoms with Crippen molar-refractivity contribution in [2.45, 2.75) is 12.8 Å². The second-order valence-electron chi connectivity index (χ2n) is 10.8. The van der Waals surface area contributed by atoms with E-state index in [1.54, 1.807) is 0 Å². The molecular formula is C28H18O8. The number of ketones is 4. The van der Waals surface area contributed by atoms with Gasteiger partial charge < -0.3 is 20.4 Å². The van der Waals surface area contributed by atoms with Gasteiger partial charge in [-0.1, -0.05) is 24.3 Å². The van der Waals surface area contributed by atoms with Crippen LogP contribution in [0, 0.1) is 34.5 Å². The number of rotatable bonds is 0. The molecule has 8 nitrogen and oxygen atoms in total. The number of carbonyl (C=O) groups is 4. The van der Waals surface area contributed by atoms with Gasteiger partial charge in [0.2, 0.25) is 0 Å². The second kappa shape index (κ2) is 5.61. The lowest BCUT2D eigenvalue weighted by Gasteiger charge is -2.51. The molecule has 0 aliphatic heterocycles. The molecule has 36 heavy (non-hydrogen) atoms. The number of fused-ring (bicyclic) bond motifs is 4. The third-order valence-electron chi connectivity index (χ3n) is 9.96. The van der Waals surface area contributed by atoms with Gasteiger partial charge in [-0.05, 0) is 36.8 Å². The fraction of sp³-hybridized carbons (Fsp3) is 0.286. The molecule has 6 aliphatic rings. The van der Waals surface area contributed by atoms with Crippen LogP contribution >= 0.6 is 0 Å². The molecular weight excluding hydrogens is 464 g/mol. The van der Waals surface area contributed by atoms with Gasteiger partial charge in [0.05, 0.1) is 33.1 Å². The smallest absolute Gasteiger partial charge is 0.175 e. The van der Waals surface area contributed by atoms with E-state index in [-0.39, 0.29) is 57.7 Å². The van der Waals surface area contributed by atoms with Crippen LogP contribution in [0.1, 0.15) is 44.7 Å². The zero-order valence-corrected chi connectivity index (χ0v) is 18.6. The summed E-state index contributed by atoms with van der Waals surface area (Å²) in [5, 5.41) is 43.7. The largest absolute Gasteiger partial charge is 0.507 e. The zero-order valence-electron chi connectivity index (χ0n) is 18.6. The van der Waals surface area contributed by atoms with Crippen LogP contribution in [-0.4, -0.2) is 43.6 Å². The van der Waals surface area contributed by atoms with E-state index >= 15 is 0 Å². The average Bonchev–Trinajstić information content (AvgIpc) is 3.32. The van der Waals surface area contributed by atoms with E-state index < -0.39 is 69.2 Å². The van der Waals surface area contributed by atoms with Crippen LogP contribution < -0.4 is 0 Å². The van der Waals surface area contributed by atoms with Gasteiger partial charge in [-0.25, -0.2) is 0 Å². The fourth-order valence-electron chi connectivity index (χ4n) is 8.99. The molecule has 0 aromatic heterocycles. The molecule has 178 valence electrons. The lowest BCUT2D eigenvalue weighted by molar-refractivity contribution is -0.131. The van der Waals surface area contributed by atoms with Gasteiger partial charge >= 0.3 is 0 Å². The molecule has 4 bridgehead atoms. The molecule has 2 aromatic carbocycles. The molecule has 2 unspecified atom stereocenters. The van der Waals surface area contributed by atoms with Crippen LogP contribution in [0.3, 0.4) is 0 Å². The standard InChI is InChI=1S/C28H18O8/c29-15-5-1-3-9-17(15)23(33)19-22(32)14-7-11-12-8-13(27(11,19)25(9)35)21(31)20-24(34)18-10(4-2-6-16(18)30)26(36)28(12,14)20/h1-6,11-14,29-30,33-34H,7-8H2/t11-,12+,13+,14-,27?,28?. The Kier molecular flexibility index (Phi) is 3.12. The first-order valence-electron chi connectivity index (χ1n) is 11.9. The first-order chi connectivity index (χ1) is 17.2. The molecule has 0 heterocycles. The van der Waals surface area contributed by atoms with Crippen LogP contribution in [-0.2, 0) is 9.59 Å². The van der Waals surface area contributed by atoms with Gasteiger partial charge in [-0.15, -0.1) is 0 Å². The molecule has 2 spiro atoms. The summed E-state index contributed by atoms with van der Waals surface area (Å²) >= 11 is 0. The van der Waals surface area contributed by atoms with Gasteiger partial charge in [0.1, 0.15) is 23.0 Å². The van der Waals surface area contributed by atoms with Crippen LogP contribution in [0.4, 0.5) is 0 Å². The summed E-state index contributed by atoms with van der Waals surface area (Å²) in [6.45, 7) is 0. The Labute approximate surface area is 203 Å². The minimum Gasteiger partial charge on any atom is -0.507 e. The van der Waals surface area contributed by atoms with Crippen molar-refractivity contribution < 1.29 is 39.6 Å². The molecule has 6 aliphatic carbocycles. The van der Waals surface area contributed by atoms with Crippen LogP contribution in [0.25, 0.3) is 11.5 Å². The Bertz CT molecular complexity index is 1520. The van der Waals surface area contributed by atoms with Gasteiger partial charge in [-0.3, -0.25) is 19.2 Å². The average molecular weight is 482 g/mol. The second-order valence-corrected chi connectivity index (χ2v) is 10.8. The first kappa shape index (κ1) is 20.0. The predicted molar refractivity (Wildman–Crippen MR) is 122 cm³/mol. The van der Waals surface area contributed by atoms with E-state index in [1.807, 2.05) is 0 Å². The van der Waals surface area contributed by atoms with Crippen molar-refractivity contribution in [1.29, 1.82) is 0 Å². The molecule has 6 atom stereocenters. The van der Waals surface area contributed by atoms with Gasteiger partial charge in [0, 0.05) is 23.0 Å². The van der Waals surface area contributed by atoms with Crippen molar-refractivity contribution in [3.63, 3.8) is 0 Å². The van der Waals surface area contributed by atoms with Crippen LogP contribution in [0.15, 0.2) is 47.5 Å². The van der Waals surface area contributed by atoms with Crippen molar-refractivity contribution in [3.05, 3.63) is 69.8 Å². The summed E-state index contributed by atoms with van der Waals surface area (Å²) in [5.41, 5.74) is -3.95. The molecule has 8 heteroatoms. The Balaban J connectivity index is 1.52. The Morgan fingerprint density at radius 3 is 1.39 bits per heavy atom. The van der Waals surface area contributed by atoms with Crippen molar-refractivity contribution >= 4 is 34.7 Å². The maximum atomic E-state index is 14.3. The summed E-state index contributed by atoms with van der Waals surface area (Å²) < 4.78 is 0. The Morgan fingerprint density at radius 1 is 0.611 bits per heavy atom. The number of benzene rings is 2. The van der Waals surface area contributed by atoms with Gasteiger partial charge in [0.25, 0.3) is 0 Å². The Hall–Kier alpha value is -4.20. The topological polar surface area (TPSA) is 149 Å². The number of carbonyl (C=O) groups excluding carboxylic acids is 4. The highest BCUT2D eigenvalue weighted by molar-refractivity contribution is 6.30. The number of aliphatic hydroxyl groups is 2. The third-order valence-corrected chi connectivity index (χ3v) is 9.96. The highest BCUT2D eigenvalue weighted by Gasteiger charge is 2.84. The summed E-state index contributed by atoms with van der Waals surface area (Å²) in [6, 6.07) is 8.45. The molecule has 8 rings (SSSR count). The zero-order chi connectivity index (χ0) is 25.0. The SMILES string of the molecule is O=C1C2=C(O)c3c(O)cccc3C(=O)C23[C@@H]2C[C@H]1C14C(=O)c5cccc(O)c5C(O)=C1C(=O)[C@@H]3C[C@@H]24. The highest BCUT2D eigenvalue weighted by atomic mass is 16.3. The lowest BCUT2D eigenvalue weighted by Crippen LogP contribution is -2.59. The van der Waals surface area contributed by atoms with E-state index in [1.165, 1.54) is 36.4 Å². The molecule has 0 radical (unpaired) electrons. The molecule has 4 N–H and O–H groups in total. The van der Waals surface area contributed by atoms with Crippen LogP contribution in [0.5, 0.6) is 11.5 Å². The number of allylic oxidation sites excluding steroid dienone is 2. The Morgan fingerprint density at radius 2 is 1.00 bits per heavy atom. The maximum Gasteiger partial charge on any atom is 0.175 e. The van der Waals surface area contributed by atoms with Gasteiger partial charge in [-0.2, -0.15) is 0 Å². The fourth-order valence-corrected chi connectivity index (χ4v) is 8.99. The monoisotopic (exact) mass is 482 g/mol. The number of phenols is 2. The molecule has 4 saturated carbocycles. The third kappa shape index (κ3) is 1.61. The van der Waals surface area contributed by atoms with Crippen molar-refractivity contribution in [2.75, 3.05) is 0 Å². The predicted octanol–water partition coefficient (Wildman–Crippen LogP) is 3.14. The number of hydrogen-bond donors (Lipinski definition) is 4. The van der Waals surface area contributed by atoms with E-state index in [4.69, 9.17) is 0 Å². The molecule has 0 saturated heterocycles. The normalized spacial score (nSPS) is 36.8. The van der Waals surface area contributed by atoms with Crippen molar-refractivity contribution in [2.24, 2.45) is 34.5 Å². The lowest BCUT2D eigenvalue weighted by atomic mass is 9.47. The van der Waals surface area contributed by atoms with Crippen molar-refractivity contribution in [3.8, 4) is 11.5 Å². The first-order valence-corrected chi connectivity index (χ1v) is 11.9. The minimum atomic E-state index is -1.68. The van der Waals surface area contributed by atoms with E-state index in [2.05, 4.69) is 0 Å².